The monoisotopic (exact) mass is 302 g/mol. The molecule has 0 heterocycles. The minimum absolute atomic E-state index is 0.00969. The predicted octanol–water partition coefficient (Wildman–Crippen LogP) is 3.05. The molecule has 2 aromatic rings. The molecular weight excluding hydrogens is 284 g/mol. The molecule has 3 nitrogen and oxygen atoms in total. The van der Waals surface area contributed by atoms with Gasteiger partial charge in [0.15, 0.2) is 0 Å². The molecule has 0 spiro atoms. The number of hydrogen-bond donors (Lipinski definition) is 2. The van der Waals surface area contributed by atoms with E-state index < -0.39 is 0 Å². The average Bonchev–Trinajstić information content (AvgIpc) is 2.49. The van der Waals surface area contributed by atoms with E-state index in [9.17, 15) is 4.79 Å². The first-order valence-corrected chi connectivity index (χ1v) is 7.29. The van der Waals surface area contributed by atoms with E-state index in [4.69, 9.17) is 11.6 Å². The molecule has 0 fully saturated rings. The van der Waals surface area contributed by atoms with Crippen LogP contribution in [0.2, 0.25) is 5.02 Å². The van der Waals surface area contributed by atoms with Gasteiger partial charge in [-0.05, 0) is 30.2 Å². The first-order valence-electron chi connectivity index (χ1n) is 6.91. The zero-order valence-electron chi connectivity index (χ0n) is 12.0. The molecule has 0 saturated carbocycles. The summed E-state index contributed by atoms with van der Waals surface area (Å²) in [6, 6.07) is 15.7. The molecule has 21 heavy (non-hydrogen) atoms. The molecule has 1 amide bonds. The van der Waals surface area contributed by atoms with Crippen molar-refractivity contribution in [2.45, 2.75) is 20.0 Å². The summed E-state index contributed by atoms with van der Waals surface area (Å²) in [7, 11) is 0. The fourth-order valence-electron chi connectivity index (χ4n) is 1.89. The maximum Gasteiger partial charge on any atom is 0.234 e. The van der Waals surface area contributed by atoms with E-state index in [1.165, 1.54) is 5.56 Å². The second-order valence-electron chi connectivity index (χ2n) is 4.99. The molecule has 2 rings (SSSR count). The van der Waals surface area contributed by atoms with Crippen LogP contribution >= 0.6 is 11.6 Å². The third-order valence-corrected chi connectivity index (χ3v) is 3.39. The van der Waals surface area contributed by atoms with Gasteiger partial charge in [0, 0.05) is 18.1 Å². The van der Waals surface area contributed by atoms with Gasteiger partial charge in [-0.25, -0.2) is 0 Å². The van der Waals surface area contributed by atoms with Crippen molar-refractivity contribution in [3.8, 4) is 0 Å². The van der Waals surface area contributed by atoms with Crippen LogP contribution in [0.3, 0.4) is 0 Å². The zero-order chi connectivity index (χ0) is 15.1. The van der Waals surface area contributed by atoms with Crippen LogP contribution < -0.4 is 10.6 Å². The van der Waals surface area contributed by atoms with Crippen LogP contribution in [0, 0.1) is 6.92 Å². The average molecular weight is 303 g/mol. The Bertz CT molecular complexity index is 579. The number of rotatable bonds is 6. The van der Waals surface area contributed by atoms with Crippen molar-refractivity contribution in [2.75, 3.05) is 6.54 Å². The van der Waals surface area contributed by atoms with Crippen LogP contribution in [-0.4, -0.2) is 12.5 Å². The summed E-state index contributed by atoms with van der Waals surface area (Å²) < 4.78 is 0. The zero-order valence-corrected chi connectivity index (χ0v) is 12.8. The number of amides is 1. The normalized spacial score (nSPS) is 10.4. The summed E-state index contributed by atoms with van der Waals surface area (Å²) in [5, 5.41) is 6.72. The summed E-state index contributed by atoms with van der Waals surface area (Å²) in [5.74, 6) is -0.00969. The number of carbonyl (C=O) groups excluding carboxylic acids is 1. The van der Waals surface area contributed by atoms with Crippen LogP contribution in [0.5, 0.6) is 0 Å². The SMILES string of the molecule is Cc1ccc(CNC(=O)CNCc2ccc(Cl)cc2)cc1. The Hall–Kier alpha value is -1.84. The molecule has 0 saturated heterocycles. The number of aryl methyl sites for hydroxylation is 1. The van der Waals surface area contributed by atoms with Crippen molar-refractivity contribution in [3.05, 3.63) is 70.2 Å². The lowest BCUT2D eigenvalue weighted by molar-refractivity contribution is -0.120. The Kier molecular flexibility index (Phi) is 5.78. The molecule has 0 radical (unpaired) electrons. The molecule has 0 bridgehead atoms. The van der Waals surface area contributed by atoms with Gasteiger partial charge >= 0.3 is 0 Å². The minimum Gasteiger partial charge on any atom is -0.351 e. The van der Waals surface area contributed by atoms with Gasteiger partial charge in [0.05, 0.1) is 6.54 Å². The fourth-order valence-corrected chi connectivity index (χ4v) is 2.02. The smallest absolute Gasteiger partial charge is 0.234 e. The van der Waals surface area contributed by atoms with Crippen molar-refractivity contribution in [1.29, 1.82) is 0 Å². The predicted molar refractivity (Wildman–Crippen MR) is 86.2 cm³/mol. The van der Waals surface area contributed by atoms with E-state index in [0.717, 1.165) is 16.1 Å². The summed E-state index contributed by atoms with van der Waals surface area (Å²) in [6.07, 6.45) is 0. The maximum atomic E-state index is 11.7. The molecule has 2 N–H and O–H groups in total. The van der Waals surface area contributed by atoms with Gasteiger partial charge < -0.3 is 10.6 Å². The second kappa shape index (κ2) is 7.81. The Balaban J connectivity index is 1.67. The highest BCUT2D eigenvalue weighted by atomic mass is 35.5. The van der Waals surface area contributed by atoms with Gasteiger partial charge in [0.1, 0.15) is 0 Å². The first kappa shape index (κ1) is 15.5. The maximum absolute atomic E-state index is 11.7. The molecule has 4 heteroatoms. The number of halogens is 1. The highest BCUT2D eigenvalue weighted by Gasteiger charge is 2.01. The van der Waals surface area contributed by atoms with E-state index in [1.54, 1.807) is 0 Å². The van der Waals surface area contributed by atoms with Gasteiger partial charge in [-0.15, -0.1) is 0 Å². The molecule has 0 aliphatic rings. The van der Waals surface area contributed by atoms with E-state index in [2.05, 4.69) is 10.6 Å². The summed E-state index contributed by atoms with van der Waals surface area (Å²) in [6.45, 7) is 3.55. The van der Waals surface area contributed by atoms with Crippen molar-refractivity contribution >= 4 is 17.5 Å². The number of benzene rings is 2. The van der Waals surface area contributed by atoms with Crippen LogP contribution in [0.25, 0.3) is 0 Å². The molecule has 0 unspecified atom stereocenters. The largest absolute Gasteiger partial charge is 0.351 e. The first-order chi connectivity index (χ1) is 10.1. The van der Waals surface area contributed by atoms with E-state index in [-0.39, 0.29) is 5.91 Å². The summed E-state index contributed by atoms with van der Waals surface area (Å²) in [4.78, 5) is 11.7. The Morgan fingerprint density at radius 1 is 0.952 bits per heavy atom. The highest BCUT2D eigenvalue weighted by molar-refractivity contribution is 6.30. The summed E-state index contributed by atoms with van der Waals surface area (Å²) in [5.41, 5.74) is 3.42. The second-order valence-corrected chi connectivity index (χ2v) is 5.43. The van der Waals surface area contributed by atoms with Crippen molar-refractivity contribution in [1.82, 2.24) is 10.6 Å². The standard InChI is InChI=1S/C17H19ClN2O/c1-13-2-4-15(5-3-13)11-20-17(21)12-19-10-14-6-8-16(18)9-7-14/h2-9,19H,10-12H2,1H3,(H,20,21). The molecule has 110 valence electrons. The minimum atomic E-state index is -0.00969. The molecule has 0 aliphatic carbocycles. The number of nitrogens with one attached hydrogen (secondary N) is 2. The Morgan fingerprint density at radius 2 is 1.52 bits per heavy atom. The fraction of sp³-hybridized carbons (Fsp3) is 0.235. The van der Waals surface area contributed by atoms with E-state index in [1.807, 2.05) is 55.5 Å². The Morgan fingerprint density at radius 3 is 2.19 bits per heavy atom. The van der Waals surface area contributed by atoms with Crippen molar-refractivity contribution in [3.63, 3.8) is 0 Å². The lowest BCUT2D eigenvalue weighted by Gasteiger charge is -2.07. The Labute approximate surface area is 130 Å². The van der Waals surface area contributed by atoms with Crippen LogP contribution in [0.1, 0.15) is 16.7 Å². The van der Waals surface area contributed by atoms with E-state index >= 15 is 0 Å². The van der Waals surface area contributed by atoms with Gasteiger partial charge in [-0.2, -0.15) is 0 Å². The number of carbonyl (C=O) groups is 1. The van der Waals surface area contributed by atoms with E-state index in [0.29, 0.717) is 19.6 Å². The van der Waals surface area contributed by atoms with Gasteiger partial charge in [-0.3, -0.25) is 4.79 Å². The molecule has 0 aliphatic heterocycles. The van der Waals surface area contributed by atoms with Gasteiger partial charge in [0.25, 0.3) is 0 Å². The topological polar surface area (TPSA) is 41.1 Å². The van der Waals surface area contributed by atoms with Crippen LogP contribution in [0.4, 0.5) is 0 Å². The van der Waals surface area contributed by atoms with Crippen molar-refractivity contribution in [2.24, 2.45) is 0 Å². The quantitative estimate of drug-likeness (QED) is 0.861. The lowest BCUT2D eigenvalue weighted by atomic mass is 10.1. The van der Waals surface area contributed by atoms with Crippen molar-refractivity contribution < 1.29 is 4.79 Å². The lowest BCUT2D eigenvalue weighted by Crippen LogP contribution is -2.33. The molecule has 0 atom stereocenters. The molecule has 2 aromatic carbocycles. The van der Waals surface area contributed by atoms with Crippen LogP contribution in [-0.2, 0) is 17.9 Å². The van der Waals surface area contributed by atoms with Gasteiger partial charge in [0.2, 0.25) is 5.91 Å². The molecule has 0 aromatic heterocycles. The van der Waals surface area contributed by atoms with Gasteiger partial charge in [-0.1, -0.05) is 53.6 Å². The van der Waals surface area contributed by atoms with Crippen LogP contribution in [0.15, 0.2) is 48.5 Å². The third-order valence-electron chi connectivity index (χ3n) is 3.14. The number of hydrogen-bond acceptors (Lipinski definition) is 2. The third kappa shape index (κ3) is 5.58. The summed E-state index contributed by atoms with van der Waals surface area (Å²) >= 11 is 5.82. The highest BCUT2D eigenvalue weighted by Crippen LogP contribution is 2.09. The molecular formula is C17H19ClN2O.